The number of Topliss-reactive ketones (excluding diaryl/α,β-unsaturated/α-hetero) is 1. The molecule has 20 rings (SSSR count). The van der Waals surface area contributed by atoms with E-state index in [0.29, 0.717) is 81.2 Å². The molecule has 4 saturated carbocycles. The second kappa shape index (κ2) is 34.5. The van der Waals surface area contributed by atoms with E-state index in [1.807, 2.05) is 137 Å². The number of carbonyl (C=O) groups excluding carboxylic acids is 4. The number of hydrogen-bond donors (Lipinski definition) is 9. The van der Waals surface area contributed by atoms with Gasteiger partial charge in [-0.2, -0.15) is 0 Å². The largest absolute Gasteiger partial charge is 0.398 e. The second-order valence-electron chi connectivity index (χ2n) is 37.7. The summed E-state index contributed by atoms with van der Waals surface area (Å²) in [6.45, 7) is 18.5. The monoisotopic (exact) mass is 1730 g/mol. The number of aryl methyl sites for hydroxylation is 10. The molecule has 12 aromatic carbocycles. The van der Waals surface area contributed by atoms with E-state index in [9.17, 15) is 0 Å². The molecule has 2 unspecified atom stereocenters. The topological polar surface area (TPSA) is 300 Å². The summed E-state index contributed by atoms with van der Waals surface area (Å²) in [4.78, 5) is 85.6. The van der Waals surface area contributed by atoms with Crippen LogP contribution in [-0.2, 0) is 32.0 Å². The molecule has 16 aromatic rings. The first-order valence-electron chi connectivity index (χ1n) is 46.1. The number of nitrogens with two attached hydrogens (primary N) is 4. The molecular formula is C109H115N17O4+4. The number of carbonyl (C=O) groups is 4. The minimum atomic E-state index is -1.25. The molecule has 2 atom stereocenters. The van der Waals surface area contributed by atoms with Crippen LogP contribution in [0.5, 0.6) is 0 Å². The van der Waals surface area contributed by atoms with Gasteiger partial charge < -0.3 is 49.5 Å². The number of nitrogens with one attached hydrogen (secondary N) is 5. The van der Waals surface area contributed by atoms with Gasteiger partial charge in [-0.05, 0) is 249 Å². The number of ketones is 1. The normalized spacial score (nSPS) is 17.6. The third-order valence-corrected chi connectivity index (χ3v) is 28.4. The van der Waals surface area contributed by atoms with Crippen molar-refractivity contribution in [3.8, 4) is 22.7 Å². The fourth-order valence-electron chi connectivity index (χ4n) is 22.1. The first-order valence-corrected chi connectivity index (χ1v) is 46.1. The first kappa shape index (κ1) is 85.4. The van der Waals surface area contributed by atoms with Crippen LogP contribution in [0.3, 0.4) is 0 Å². The summed E-state index contributed by atoms with van der Waals surface area (Å²) < 4.78 is 8.93. The summed E-state index contributed by atoms with van der Waals surface area (Å²) in [6, 6.07) is 74.8. The maximum absolute atomic E-state index is 16.3. The molecule has 0 radical (unpaired) electrons. The van der Waals surface area contributed by atoms with Gasteiger partial charge in [0.15, 0.2) is 0 Å². The number of anilines is 6. The quantitative estimate of drug-likeness (QED) is 0.00912. The van der Waals surface area contributed by atoms with Gasteiger partial charge in [-0.3, -0.25) is 19.2 Å². The van der Waals surface area contributed by atoms with Crippen LogP contribution in [0, 0.1) is 77.0 Å². The maximum Gasteiger partial charge on any atom is 0.239 e. The van der Waals surface area contributed by atoms with Crippen LogP contribution in [0.15, 0.2) is 218 Å². The first-order chi connectivity index (χ1) is 62.8. The van der Waals surface area contributed by atoms with Gasteiger partial charge in [0, 0.05) is 176 Å². The van der Waals surface area contributed by atoms with Gasteiger partial charge in [-0.15, -0.1) is 18.3 Å². The van der Waals surface area contributed by atoms with E-state index in [-0.39, 0.29) is 68.5 Å². The zero-order valence-electron chi connectivity index (χ0n) is 75.7. The van der Waals surface area contributed by atoms with Gasteiger partial charge in [0.05, 0.1) is 16.2 Å². The molecule has 4 fully saturated rings. The molecular weight excluding hydrogens is 1610 g/mol. The van der Waals surface area contributed by atoms with Gasteiger partial charge in [0.2, 0.25) is 84.6 Å². The van der Waals surface area contributed by atoms with Crippen molar-refractivity contribution in [3.63, 3.8) is 0 Å². The van der Waals surface area contributed by atoms with Crippen molar-refractivity contribution < 1.29 is 37.4 Å². The summed E-state index contributed by atoms with van der Waals surface area (Å²) in [6.07, 6.45) is 7.81. The van der Waals surface area contributed by atoms with Crippen LogP contribution < -0.4 is 67.8 Å². The van der Waals surface area contributed by atoms with Crippen LogP contribution in [0.4, 0.5) is 34.1 Å². The van der Waals surface area contributed by atoms with Gasteiger partial charge in [0.1, 0.15) is 49.9 Å². The highest BCUT2D eigenvalue weighted by Crippen LogP contribution is 2.74. The predicted molar refractivity (Wildman–Crippen MR) is 521 cm³/mol. The van der Waals surface area contributed by atoms with E-state index in [2.05, 4.69) is 182 Å². The summed E-state index contributed by atoms with van der Waals surface area (Å²) in [5.74, 6) is -0.617. The molecule has 4 aromatic heterocycles. The van der Waals surface area contributed by atoms with E-state index in [1.54, 1.807) is 0 Å². The lowest BCUT2D eigenvalue weighted by atomic mass is 9.34. The molecule has 4 heterocycles. The third kappa shape index (κ3) is 15.9. The molecule has 4 bridgehead atoms. The Hall–Kier alpha value is -14.1. The number of amides is 3. The Labute approximate surface area is 757 Å². The van der Waals surface area contributed by atoms with Crippen molar-refractivity contribution >= 4 is 146 Å². The molecule has 0 saturated heterocycles. The van der Waals surface area contributed by atoms with Gasteiger partial charge in [-0.1, -0.05) is 79.2 Å². The smallest absolute Gasteiger partial charge is 0.239 e. The number of aromatic nitrogens is 8. The molecule has 21 heteroatoms. The minimum absolute atomic E-state index is 0.0214. The number of para-hydroxylation sites is 4. The van der Waals surface area contributed by atoms with Crippen molar-refractivity contribution in [2.24, 2.45) is 21.7 Å². The number of rotatable bonds is 29. The van der Waals surface area contributed by atoms with E-state index in [4.69, 9.17) is 42.9 Å². The number of fused-ring (bicyclic) bond motifs is 8. The Morgan fingerprint density at radius 1 is 0.285 bits per heavy atom. The van der Waals surface area contributed by atoms with Crippen molar-refractivity contribution in [3.05, 3.63) is 274 Å². The number of unbranched alkanes of at least 4 members (excludes halogenated alkanes) is 3. The average molecular weight is 1730 g/mol. The molecule has 21 nitrogen and oxygen atoms in total. The fourth-order valence-corrected chi connectivity index (χ4v) is 22.1. The maximum atomic E-state index is 16.3. The summed E-state index contributed by atoms with van der Waals surface area (Å²) in [5, 5.41) is 17.8. The summed E-state index contributed by atoms with van der Waals surface area (Å²) in [7, 11) is 0. The molecule has 4 aliphatic rings. The molecule has 656 valence electrons. The average Bonchev–Trinajstić information content (AvgIpc) is 0.668. The summed E-state index contributed by atoms with van der Waals surface area (Å²) in [5.41, 5.74) is 54.9. The molecule has 13 N–H and O–H groups in total. The highest BCUT2D eigenvalue weighted by atomic mass is 16.2. The van der Waals surface area contributed by atoms with Gasteiger partial charge in [0.25, 0.3) is 0 Å². The Morgan fingerprint density at radius 2 is 0.546 bits per heavy atom. The number of nitrogen functional groups attached to an aromatic ring is 4. The Bertz CT molecular complexity index is 6370. The number of hydrogen-bond acceptors (Lipinski definition) is 14. The van der Waals surface area contributed by atoms with Crippen LogP contribution in [0.2, 0.25) is 0 Å². The number of nitrogens with zero attached hydrogens (tertiary/aromatic N) is 8. The van der Waals surface area contributed by atoms with E-state index >= 15 is 19.2 Å². The molecule has 3 amide bonds. The van der Waals surface area contributed by atoms with Crippen LogP contribution in [0.25, 0.3) is 111 Å². The number of benzene rings is 12. The van der Waals surface area contributed by atoms with Crippen LogP contribution >= 0.6 is 0 Å². The van der Waals surface area contributed by atoms with Gasteiger partial charge >= 0.3 is 0 Å². The molecule has 0 aliphatic heterocycles. The van der Waals surface area contributed by atoms with E-state index < -0.39 is 21.7 Å². The lowest BCUT2D eigenvalue weighted by Crippen LogP contribution is -2.71. The van der Waals surface area contributed by atoms with Crippen molar-refractivity contribution in [1.29, 1.82) is 0 Å². The van der Waals surface area contributed by atoms with E-state index in [0.717, 1.165) is 199 Å². The van der Waals surface area contributed by atoms with Gasteiger partial charge in [-0.25, -0.2) is 19.9 Å². The highest BCUT2D eigenvalue weighted by Gasteiger charge is 2.75. The van der Waals surface area contributed by atoms with E-state index in [1.165, 1.54) is 11.1 Å². The predicted octanol–water partition coefficient (Wildman–Crippen LogP) is 17.8. The Kier molecular flexibility index (Phi) is 22.7. The van der Waals surface area contributed by atoms with Crippen LogP contribution in [0.1, 0.15) is 146 Å². The zero-order chi connectivity index (χ0) is 90.1. The highest BCUT2D eigenvalue weighted by molar-refractivity contribution is 5.98. The lowest BCUT2D eigenvalue weighted by molar-refractivity contribution is -0.538. The third-order valence-electron chi connectivity index (χ3n) is 28.4. The fraction of sp³-hybridized carbons (Fsp3) is 0.303. The molecule has 0 spiro atoms. The zero-order valence-corrected chi connectivity index (χ0v) is 75.7. The standard InChI is InChI=1S/C109H111N17O4/c1-66-44-86-94(123(76-30-15-10-16-31-76)96-54-80(110)68(3)46-88(96)119-86)52-74(66)28-14-9-23-38-102(127)106-60-107(103(128)116-39-25-24-29-75-53-95-87(45-67(75)2)120-89-47-69(4)81(111)55-97(89)124(95)77-32-17-11-18-33-77)63-108(61-106,104(129)117-42-26-40-114-84-58-100-92(50-72(84)7)121-90-48-70(5)82(112)56-98(90)125(100)78-34-19-12-20-35-78)65-109(62-106,64-107)105(130)118-43-27-41-115-85-59-101-93(51-73(85)8)122-91-49-71(6)83(113)57-99(91)126(101)79-36-21-13-22-37-79/h10-13,15-22,30-37,44-59,110-111H,9,14,23-29,38-43,60-65H2,1-8H3,(H7,112,113,114,115,116,117,118,128,129,130)/p+4. The summed E-state index contributed by atoms with van der Waals surface area (Å²) >= 11 is 0. The van der Waals surface area contributed by atoms with Crippen LogP contribution in [-0.4, -0.2) is 76.2 Å². The van der Waals surface area contributed by atoms with Crippen molar-refractivity contribution in [1.82, 2.24) is 35.9 Å². The Morgan fingerprint density at radius 3 is 0.862 bits per heavy atom. The molecule has 130 heavy (non-hydrogen) atoms. The SMILES string of the molecule is Cc1cc2nc3cc(C)c(CCCCCC(=O)C45CC6(C(=O)NCCCCc7cc8c(cc7C)nc7cc(C)c(N)cc7[n+]8-c7ccccc7)CC(C(=O)NCCCNc7cc8c(cc7C)nc7cc(C)c(N)cc7[n+]8-c7ccccc7)(C4)CC(C(=O)NCCCNc4cc7c(cc4C)nc4cc(C)c(N)cc4[n+]7-c4ccccc4)(C5)C6)cc3[n+](-c3ccccc3)c2cc1N. The minimum Gasteiger partial charge on any atom is -0.398 e. The molecule has 4 aliphatic carbocycles. The van der Waals surface area contributed by atoms with Crippen molar-refractivity contribution in [2.45, 2.75) is 158 Å². The lowest BCUT2D eigenvalue weighted by Gasteiger charge is -2.68. The second-order valence-corrected chi connectivity index (χ2v) is 37.7. The van der Waals surface area contributed by atoms with Crippen molar-refractivity contribution in [2.75, 3.05) is 66.3 Å². The Balaban J connectivity index is 0.614.